The average molecular weight is 285 g/mol. The van der Waals surface area contributed by atoms with Crippen LogP contribution in [0.25, 0.3) is 0 Å². The predicted molar refractivity (Wildman–Crippen MR) is 81.6 cm³/mol. The fraction of sp³-hybridized carbons (Fsp3) is 0.875. The quantitative estimate of drug-likeness (QED) is 0.671. The van der Waals surface area contributed by atoms with Gasteiger partial charge in [-0.05, 0) is 30.6 Å². The molecule has 0 fully saturated rings. The fourth-order valence-corrected chi connectivity index (χ4v) is 2.72. The van der Waals surface area contributed by atoms with E-state index in [-0.39, 0.29) is 22.5 Å². The summed E-state index contributed by atoms with van der Waals surface area (Å²) in [5, 5.41) is 2.97. The van der Waals surface area contributed by atoms with Crippen LogP contribution in [0.1, 0.15) is 60.3 Å². The average Bonchev–Trinajstić information content (AvgIpc) is 2.24. The van der Waals surface area contributed by atoms with Crippen molar-refractivity contribution in [2.75, 3.05) is 20.3 Å². The number of carbonyl (C=O) groups is 2. The molecule has 1 N–H and O–H groups in total. The summed E-state index contributed by atoms with van der Waals surface area (Å²) < 4.78 is 5.23. The molecule has 0 unspecified atom stereocenters. The van der Waals surface area contributed by atoms with E-state index >= 15 is 0 Å². The number of ketones is 1. The van der Waals surface area contributed by atoms with Crippen molar-refractivity contribution in [3.8, 4) is 0 Å². The summed E-state index contributed by atoms with van der Waals surface area (Å²) in [6.45, 7) is 11.6. The number of amides is 1. The maximum Gasteiger partial charge on any atom is 0.220 e. The number of Topliss-reactive ketones (excluding diaryl/α,β-unsaturated/α-hetero) is 1. The molecule has 0 bridgehead atoms. The zero-order valence-corrected chi connectivity index (χ0v) is 14.0. The molecule has 0 aliphatic heterocycles. The van der Waals surface area contributed by atoms with Crippen molar-refractivity contribution < 1.29 is 14.3 Å². The molecule has 4 nitrogen and oxygen atoms in total. The molecule has 0 radical (unpaired) electrons. The molecule has 0 heterocycles. The summed E-state index contributed by atoms with van der Waals surface area (Å²) in [5.41, 5.74) is 0.121. The van der Waals surface area contributed by atoms with Crippen LogP contribution in [-0.2, 0) is 14.3 Å². The summed E-state index contributed by atoms with van der Waals surface area (Å²) in [7, 11) is 1.71. The largest absolute Gasteiger partial charge is 0.384 e. The molecule has 0 saturated carbocycles. The first kappa shape index (κ1) is 19.1. The third kappa shape index (κ3) is 9.96. The van der Waals surface area contributed by atoms with Gasteiger partial charge in [0.05, 0.1) is 6.61 Å². The van der Waals surface area contributed by atoms with Crippen molar-refractivity contribution in [3.63, 3.8) is 0 Å². The van der Waals surface area contributed by atoms with Crippen molar-refractivity contribution >= 4 is 11.7 Å². The van der Waals surface area contributed by atoms with Gasteiger partial charge in [-0.15, -0.1) is 0 Å². The second-order valence-electron chi connectivity index (χ2n) is 7.27. The van der Waals surface area contributed by atoms with Crippen LogP contribution >= 0.6 is 0 Å². The van der Waals surface area contributed by atoms with Crippen molar-refractivity contribution in [2.24, 2.45) is 10.8 Å². The number of carbonyl (C=O) groups excluding carboxylic acids is 2. The van der Waals surface area contributed by atoms with Crippen molar-refractivity contribution in [1.29, 1.82) is 0 Å². The molecule has 0 spiro atoms. The van der Waals surface area contributed by atoms with Crippen LogP contribution in [0.2, 0.25) is 0 Å². The van der Waals surface area contributed by atoms with Gasteiger partial charge in [0.2, 0.25) is 5.91 Å². The highest BCUT2D eigenvalue weighted by molar-refractivity contribution is 5.78. The van der Waals surface area contributed by atoms with Gasteiger partial charge in [-0.3, -0.25) is 4.79 Å². The summed E-state index contributed by atoms with van der Waals surface area (Å²) in [6.07, 6.45) is 2.52. The topological polar surface area (TPSA) is 55.4 Å². The Labute approximate surface area is 123 Å². The monoisotopic (exact) mass is 285 g/mol. The molecule has 20 heavy (non-hydrogen) atoms. The summed E-state index contributed by atoms with van der Waals surface area (Å²) in [6, 6.07) is 0. The highest BCUT2D eigenvalue weighted by Crippen LogP contribution is 2.33. The van der Waals surface area contributed by atoms with Gasteiger partial charge in [-0.2, -0.15) is 0 Å². The summed E-state index contributed by atoms with van der Waals surface area (Å²) in [4.78, 5) is 22.5. The molecule has 0 aromatic carbocycles. The first-order valence-electron chi connectivity index (χ1n) is 7.33. The second kappa shape index (κ2) is 8.40. The number of hydrogen-bond acceptors (Lipinski definition) is 3. The smallest absolute Gasteiger partial charge is 0.220 e. The van der Waals surface area contributed by atoms with Gasteiger partial charge in [0.15, 0.2) is 0 Å². The van der Waals surface area contributed by atoms with E-state index in [9.17, 15) is 9.59 Å². The second-order valence-corrected chi connectivity index (χ2v) is 7.27. The molecule has 4 heteroatoms. The van der Waals surface area contributed by atoms with E-state index in [0.29, 0.717) is 32.4 Å². The molecule has 0 aliphatic rings. The predicted octanol–water partition coefficient (Wildman–Crippen LogP) is 2.95. The third-order valence-electron chi connectivity index (χ3n) is 3.19. The van der Waals surface area contributed by atoms with E-state index in [2.05, 4.69) is 33.0 Å². The normalized spacial score (nSPS) is 12.3. The maximum absolute atomic E-state index is 11.7. The molecule has 0 aromatic heterocycles. The van der Waals surface area contributed by atoms with Crippen LogP contribution in [0.15, 0.2) is 0 Å². The highest BCUT2D eigenvalue weighted by Gasteiger charge is 2.29. The summed E-state index contributed by atoms with van der Waals surface area (Å²) in [5.74, 6) is 0.170. The lowest BCUT2D eigenvalue weighted by Gasteiger charge is -2.34. The van der Waals surface area contributed by atoms with Gasteiger partial charge in [0, 0.05) is 26.5 Å². The van der Waals surface area contributed by atoms with Crippen molar-refractivity contribution in [1.82, 2.24) is 5.32 Å². The van der Waals surface area contributed by atoms with E-state index in [0.717, 1.165) is 6.42 Å². The molecule has 0 saturated heterocycles. The zero-order valence-electron chi connectivity index (χ0n) is 14.0. The van der Waals surface area contributed by atoms with E-state index in [1.165, 1.54) is 0 Å². The highest BCUT2D eigenvalue weighted by atomic mass is 16.5. The molecule has 0 aliphatic carbocycles. The van der Waals surface area contributed by atoms with Gasteiger partial charge in [-0.25, -0.2) is 0 Å². The Morgan fingerprint density at radius 2 is 1.65 bits per heavy atom. The minimum absolute atomic E-state index is 0.0261. The van der Waals surface area contributed by atoms with E-state index in [1.54, 1.807) is 14.0 Å². The zero-order chi connectivity index (χ0) is 15.8. The van der Waals surface area contributed by atoms with Crippen LogP contribution in [0.4, 0.5) is 0 Å². The Kier molecular flexibility index (Phi) is 8.02. The van der Waals surface area contributed by atoms with E-state index in [1.807, 2.05) is 0 Å². The van der Waals surface area contributed by atoms with Crippen molar-refractivity contribution in [2.45, 2.75) is 60.3 Å². The molecular formula is C16H31NO3. The van der Waals surface area contributed by atoms with Crippen LogP contribution in [0.5, 0.6) is 0 Å². The lowest BCUT2D eigenvalue weighted by molar-refractivity contribution is -0.122. The first-order chi connectivity index (χ1) is 9.08. The van der Waals surface area contributed by atoms with Crippen molar-refractivity contribution in [3.05, 3.63) is 0 Å². The number of methoxy groups -OCH3 is 1. The maximum atomic E-state index is 11.7. The van der Waals surface area contributed by atoms with Crippen LogP contribution in [0.3, 0.4) is 0 Å². The van der Waals surface area contributed by atoms with Gasteiger partial charge in [-0.1, -0.05) is 27.7 Å². The molecule has 0 aromatic rings. The molecular weight excluding hydrogens is 254 g/mol. The number of rotatable bonds is 10. The van der Waals surface area contributed by atoms with E-state index in [4.69, 9.17) is 4.74 Å². The van der Waals surface area contributed by atoms with Gasteiger partial charge in [0.25, 0.3) is 0 Å². The van der Waals surface area contributed by atoms with Crippen LogP contribution in [0, 0.1) is 10.8 Å². The lowest BCUT2D eigenvalue weighted by Crippen LogP contribution is -2.37. The number of hydrogen-bond donors (Lipinski definition) is 1. The van der Waals surface area contributed by atoms with E-state index < -0.39 is 0 Å². The standard InChI is InChI=1S/C16H31NO3/c1-13(18)8-7-9-14(19)17-11-15(2,3)10-16(4,5)12-20-6/h7-12H2,1-6H3,(H,17,19). The Morgan fingerprint density at radius 1 is 1.05 bits per heavy atom. The fourth-order valence-electron chi connectivity index (χ4n) is 2.72. The molecule has 118 valence electrons. The third-order valence-corrected chi connectivity index (χ3v) is 3.19. The Hall–Kier alpha value is -0.900. The van der Waals surface area contributed by atoms with Gasteiger partial charge in [0.1, 0.15) is 5.78 Å². The SMILES string of the molecule is COCC(C)(C)CC(C)(C)CNC(=O)CCCC(C)=O. The van der Waals surface area contributed by atoms with Crippen LogP contribution < -0.4 is 5.32 Å². The van der Waals surface area contributed by atoms with Gasteiger partial charge >= 0.3 is 0 Å². The minimum Gasteiger partial charge on any atom is -0.384 e. The molecule has 0 rings (SSSR count). The van der Waals surface area contributed by atoms with Gasteiger partial charge < -0.3 is 14.8 Å². The minimum atomic E-state index is 0.0261. The molecule has 1 amide bonds. The lowest BCUT2D eigenvalue weighted by atomic mass is 9.75. The number of nitrogens with one attached hydrogen (secondary N) is 1. The Bertz CT molecular complexity index is 322. The molecule has 0 atom stereocenters. The Morgan fingerprint density at radius 3 is 2.15 bits per heavy atom. The Balaban J connectivity index is 4.08. The van der Waals surface area contributed by atoms with Crippen LogP contribution in [-0.4, -0.2) is 32.0 Å². The summed E-state index contributed by atoms with van der Waals surface area (Å²) >= 11 is 0. The first-order valence-corrected chi connectivity index (χ1v) is 7.33. The number of ether oxygens (including phenoxy) is 1.